The van der Waals surface area contributed by atoms with Gasteiger partial charge in [0.05, 0.1) is 10.0 Å². The van der Waals surface area contributed by atoms with E-state index in [0.717, 1.165) is 22.1 Å². The molecule has 3 nitrogen and oxygen atoms in total. The van der Waals surface area contributed by atoms with Crippen molar-refractivity contribution in [1.82, 2.24) is 10.3 Å². The van der Waals surface area contributed by atoms with Gasteiger partial charge in [-0.15, -0.1) is 0 Å². The normalized spacial score (nSPS) is 10.7. The molecule has 2 aromatic rings. The SMILES string of the molecule is CNCc1cnc(Oc2cc(Cl)c(Br)cc2Cl)c(C)c1. The number of hydrogen-bond acceptors (Lipinski definition) is 3. The van der Waals surface area contributed by atoms with Gasteiger partial charge in [-0.2, -0.15) is 0 Å². The van der Waals surface area contributed by atoms with Crippen molar-refractivity contribution in [2.24, 2.45) is 0 Å². The maximum Gasteiger partial charge on any atom is 0.222 e. The second-order valence-electron chi connectivity index (χ2n) is 4.29. The lowest BCUT2D eigenvalue weighted by atomic mass is 10.2. The van der Waals surface area contributed by atoms with Gasteiger partial charge in [0.25, 0.3) is 0 Å². The van der Waals surface area contributed by atoms with Crippen LogP contribution in [-0.4, -0.2) is 12.0 Å². The van der Waals surface area contributed by atoms with E-state index in [1.807, 2.05) is 20.0 Å². The van der Waals surface area contributed by atoms with E-state index in [1.165, 1.54) is 0 Å². The Bertz CT molecular complexity index is 635. The number of pyridine rings is 1. The number of rotatable bonds is 4. The van der Waals surface area contributed by atoms with E-state index in [0.29, 0.717) is 21.7 Å². The Labute approximate surface area is 136 Å². The molecule has 0 amide bonds. The Morgan fingerprint density at radius 3 is 2.65 bits per heavy atom. The van der Waals surface area contributed by atoms with Crippen LogP contribution in [0.25, 0.3) is 0 Å². The number of nitrogens with zero attached hydrogens (tertiary/aromatic N) is 1. The predicted molar refractivity (Wildman–Crippen MR) is 86.0 cm³/mol. The molecule has 1 aromatic carbocycles. The van der Waals surface area contributed by atoms with Crippen molar-refractivity contribution in [3.63, 3.8) is 0 Å². The number of halogens is 3. The van der Waals surface area contributed by atoms with Gasteiger partial charge in [0.1, 0.15) is 5.75 Å². The third-order valence-electron chi connectivity index (χ3n) is 2.65. The zero-order valence-electron chi connectivity index (χ0n) is 11.0. The molecule has 0 saturated heterocycles. The maximum atomic E-state index is 6.13. The highest BCUT2D eigenvalue weighted by Crippen LogP contribution is 2.36. The van der Waals surface area contributed by atoms with E-state index in [1.54, 1.807) is 18.3 Å². The minimum atomic E-state index is 0.474. The third kappa shape index (κ3) is 3.64. The lowest BCUT2D eigenvalue weighted by Crippen LogP contribution is -2.06. The Hall–Kier alpha value is -0.810. The highest BCUT2D eigenvalue weighted by Gasteiger charge is 2.10. The molecule has 0 radical (unpaired) electrons. The summed E-state index contributed by atoms with van der Waals surface area (Å²) in [5, 5.41) is 4.09. The van der Waals surface area contributed by atoms with Crippen LogP contribution in [0.1, 0.15) is 11.1 Å². The molecule has 0 aliphatic rings. The van der Waals surface area contributed by atoms with Gasteiger partial charge in [-0.05, 0) is 47.6 Å². The van der Waals surface area contributed by atoms with E-state index in [-0.39, 0.29) is 0 Å². The number of hydrogen-bond donors (Lipinski definition) is 1. The molecule has 6 heteroatoms. The Balaban J connectivity index is 2.28. The summed E-state index contributed by atoms with van der Waals surface area (Å²) in [7, 11) is 1.89. The molecule has 1 N–H and O–H groups in total. The molecule has 0 aliphatic carbocycles. The summed E-state index contributed by atoms with van der Waals surface area (Å²) in [6.07, 6.45) is 1.77. The first-order valence-corrected chi connectivity index (χ1v) is 7.48. The summed E-state index contributed by atoms with van der Waals surface area (Å²) < 4.78 is 6.47. The topological polar surface area (TPSA) is 34.2 Å². The summed E-state index contributed by atoms with van der Waals surface area (Å²) >= 11 is 15.5. The number of ether oxygens (including phenoxy) is 1. The van der Waals surface area contributed by atoms with Crippen LogP contribution in [-0.2, 0) is 6.54 Å². The van der Waals surface area contributed by atoms with Crippen molar-refractivity contribution in [2.75, 3.05) is 7.05 Å². The first-order chi connectivity index (χ1) is 9.51. The van der Waals surface area contributed by atoms with E-state index in [4.69, 9.17) is 27.9 Å². The lowest BCUT2D eigenvalue weighted by Gasteiger charge is -2.11. The van der Waals surface area contributed by atoms with Crippen LogP contribution >= 0.6 is 39.1 Å². The predicted octanol–water partition coefficient (Wildman–Crippen LogP) is 4.97. The summed E-state index contributed by atoms with van der Waals surface area (Å²) in [4.78, 5) is 4.31. The Morgan fingerprint density at radius 2 is 2.00 bits per heavy atom. The molecule has 106 valence electrons. The highest BCUT2D eigenvalue weighted by molar-refractivity contribution is 9.10. The molecule has 0 saturated carbocycles. The van der Waals surface area contributed by atoms with E-state index in [2.05, 4.69) is 26.2 Å². The van der Waals surface area contributed by atoms with Crippen molar-refractivity contribution in [2.45, 2.75) is 13.5 Å². The molecular formula is C14H13BrCl2N2O. The summed E-state index contributed by atoms with van der Waals surface area (Å²) in [6, 6.07) is 5.38. The van der Waals surface area contributed by atoms with Gasteiger partial charge in [-0.25, -0.2) is 4.98 Å². The maximum absolute atomic E-state index is 6.13. The number of benzene rings is 1. The van der Waals surface area contributed by atoms with Crippen LogP contribution in [0.3, 0.4) is 0 Å². The van der Waals surface area contributed by atoms with Crippen LogP contribution in [0, 0.1) is 6.92 Å². The Kier molecular flexibility index (Phi) is 5.27. The van der Waals surface area contributed by atoms with Gasteiger partial charge in [0, 0.05) is 28.8 Å². The van der Waals surface area contributed by atoms with Gasteiger partial charge in [0.2, 0.25) is 5.88 Å². The van der Waals surface area contributed by atoms with Crippen LogP contribution < -0.4 is 10.1 Å². The van der Waals surface area contributed by atoms with Crippen molar-refractivity contribution in [3.8, 4) is 11.6 Å². The summed E-state index contributed by atoms with van der Waals surface area (Å²) in [6.45, 7) is 2.70. The number of aryl methyl sites for hydroxylation is 1. The van der Waals surface area contributed by atoms with Crippen LogP contribution in [0.4, 0.5) is 0 Å². The zero-order valence-corrected chi connectivity index (χ0v) is 14.1. The van der Waals surface area contributed by atoms with Crippen molar-refractivity contribution >= 4 is 39.1 Å². The van der Waals surface area contributed by atoms with Gasteiger partial charge >= 0.3 is 0 Å². The standard InChI is InChI=1S/C14H13BrCl2N2O/c1-8-3-9(6-18-2)7-19-14(8)20-13-5-11(16)10(15)4-12(13)17/h3-5,7,18H,6H2,1-2H3. The van der Waals surface area contributed by atoms with E-state index < -0.39 is 0 Å². The second-order valence-corrected chi connectivity index (χ2v) is 5.96. The largest absolute Gasteiger partial charge is 0.437 e. The monoisotopic (exact) mass is 374 g/mol. The fourth-order valence-electron chi connectivity index (χ4n) is 1.71. The zero-order chi connectivity index (χ0) is 14.7. The van der Waals surface area contributed by atoms with Gasteiger partial charge in [-0.3, -0.25) is 0 Å². The van der Waals surface area contributed by atoms with Gasteiger partial charge < -0.3 is 10.1 Å². The quantitative estimate of drug-likeness (QED) is 0.766. The Morgan fingerprint density at radius 1 is 1.25 bits per heavy atom. The molecule has 0 bridgehead atoms. The first kappa shape index (κ1) is 15.6. The number of aromatic nitrogens is 1. The highest BCUT2D eigenvalue weighted by atomic mass is 79.9. The summed E-state index contributed by atoms with van der Waals surface area (Å²) in [5.41, 5.74) is 2.03. The van der Waals surface area contributed by atoms with Gasteiger partial charge in [0.15, 0.2) is 0 Å². The van der Waals surface area contributed by atoms with E-state index >= 15 is 0 Å². The van der Waals surface area contributed by atoms with Crippen LogP contribution in [0.5, 0.6) is 11.6 Å². The molecule has 20 heavy (non-hydrogen) atoms. The van der Waals surface area contributed by atoms with Crippen molar-refractivity contribution in [1.29, 1.82) is 0 Å². The molecule has 0 fully saturated rings. The molecule has 0 aliphatic heterocycles. The molecular weight excluding hydrogens is 363 g/mol. The third-order valence-corrected chi connectivity index (χ3v) is 4.14. The molecule has 0 atom stereocenters. The fourth-order valence-corrected chi connectivity index (χ4v) is 2.55. The average molecular weight is 376 g/mol. The molecule has 0 unspecified atom stereocenters. The smallest absolute Gasteiger partial charge is 0.222 e. The van der Waals surface area contributed by atoms with Crippen molar-refractivity contribution in [3.05, 3.63) is 50.0 Å². The minimum absolute atomic E-state index is 0.474. The first-order valence-electron chi connectivity index (χ1n) is 5.93. The number of nitrogens with one attached hydrogen (secondary N) is 1. The van der Waals surface area contributed by atoms with E-state index in [9.17, 15) is 0 Å². The lowest BCUT2D eigenvalue weighted by molar-refractivity contribution is 0.458. The fraction of sp³-hybridized carbons (Fsp3) is 0.214. The second kappa shape index (κ2) is 6.76. The molecule has 2 rings (SSSR count). The van der Waals surface area contributed by atoms with Crippen LogP contribution in [0.2, 0.25) is 10.0 Å². The van der Waals surface area contributed by atoms with Crippen molar-refractivity contribution < 1.29 is 4.74 Å². The van der Waals surface area contributed by atoms with Gasteiger partial charge in [-0.1, -0.05) is 23.2 Å². The molecule has 1 heterocycles. The minimum Gasteiger partial charge on any atom is -0.437 e. The average Bonchev–Trinajstić information content (AvgIpc) is 2.39. The summed E-state index contributed by atoms with van der Waals surface area (Å²) in [5.74, 6) is 1.00. The van der Waals surface area contributed by atoms with Crippen LogP contribution in [0.15, 0.2) is 28.9 Å². The molecule has 0 spiro atoms. The molecule has 1 aromatic heterocycles.